The van der Waals surface area contributed by atoms with Crippen LogP contribution in [0.4, 0.5) is 10.8 Å². The average molecular weight is 374 g/mol. The van der Waals surface area contributed by atoms with Gasteiger partial charge in [0.1, 0.15) is 4.83 Å². The molecular formula is C17H18N4O2S2. The van der Waals surface area contributed by atoms with E-state index in [4.69, 9.17) is 9.72 Å². The van der Waals surface area contributed by atoms with Crippen LogP contribution in [0.15, 0.2) is 24.4 Å². The van der Waals surface area contributed by atoms with E-state index in [2.05, 4.69) is 15.2 Å². The quantitative estimate of drug-likeness (QED) is 0.747. The van der Waals surface area contributed by atoms with Gasteiger partial charge < -0.3 is 15.0 Å². The first-order chi connectivity index (χ1) is 12.2. The van der Waals surface area contributed by atoms with Crippen LogP contribution in [-0.2, 0) is 0 Å². The topological polar surface area (TPSA) is 67.3 Å². The van der Waals surface area contributed by atoms with Gasteiger partial charge in [0.05, 0.1) is 28.6 Å². The van der Waals surface area contributed by atoms with E-state index in [1.54, 1.807) is 36.8 Å². The van der Waals surface area contributed by atoms with E-state index in [1.807, 2.05) is 6.07 Å². The molecule has 25 heavy (non-hydrogen) atoms. The van der Waals surface area contributed by atoms with Crippen molar-refractivity contribution < 1.29 is 9.53 Å². The lowest BCUT2D eigenvalue weighted by Crippen LogP contribution is -2.29. The van der Waals surface area contributed by atoms with Crippen molar-refractivity contribution in [3.63, 3.8) is 0 Å². The lowest BCUT2D eigenvalue weighted by Gasteiger charge is -2.25. The number of carbonyl (C=O) groups excluding carboxylic acids is 1. The number of nitrogens with one attached hydrogen (secondary N) is 1. The summed E-state index contributed by atoms with van der Waals surface area (Å²) in [6.07, 6.45) is 5.35. The fourth-order valence-corrected chi connectivity index (χ4v) is 4.98. The van der Waals surface area contributed by atoms with Gasteiger partial charge in [-0.05, 0) is 31.4 Å². The van der Waals surface area contributed by atoms with Crippen LogP contribution in [0.5, 0.6) is 5.88 Å². The van der Waals surface area contributed by atoms with Crippen molar-refractivity contribution in [3.8, 4) is 5.88 Å². The molecule has 1 N–H and O–H groups in total. The maximum Gasteiger partial charge on any atom is 0.265 e. The number of piperidine rings is 1. The standard InChI is InChI=1S/C17H18N4O2S2/c1-23-14-6-5-11(10-18-14)19-15(22)12-9-13-16(24-12)20-17(25-13)21-7-3-2-4-8-21/h5-6,9-10H,2-4,7-8H2,1H3,(H,19,22). The van der Waals surface area contributed by atoms with E-state index in [0.29, 0.717) is 16.4 Å². The predicted octanol–water partition coefficient (Wildman–Crippen LogP) is 4.00. The zero-order valence-electron chi connectivity index (χ0n) is 13.8. The molecular weight excluding hydrogens is 356 g/mol. The molecule has 0 spiro atoms. The van der Waals surface area contributed by atoms with Gasteiger partial charge in [-0.15, -0.1) is 11.3 Å². The maximum atomic E-state index is 12.4. The molecule has 0 aliphatic carbocycles. The van der Waals surface area contributed by atoms with Gasteiger partial charge in [-0.1, -0.05) is 11.3 Å². The van der Waals surface area contributed by atoms with E-state index in [9.17, 15) is 4.79 Å². The molecule has 0 bridgehead atoms. The molecule has 1 amide bonds. The number of fused-ring (bicyclic) bond motifs is 1. The summed E-state index contributed by atoms with van der Waals surface area (Å²) in [5.41, 5.74) is 0.643. The van der Waals surface area contributed by atoms with Crippen LogP contribution in [0.2, 0.25) is 0 Å². The molecule has 1 fully saturated rings. The molecule has 4 rings (SSSR count). The van der Waals surface area contributed by atoms with E-state index in [0.717, 1.165) is 27.8 Å². The Morgan fingerprint density at radius 3 is 2.76 bits per heavy atom. The molecule has 130 valence electrons. The number of thiophene rings is 1. The second kappa shape index (κ2) is 6.97. The Kier molecular flexibility index (Phi) is 4.54. The number of methoxy groups -OCH3 is 1. The van der Waals surface area contributed by atoms with Crippen molar-refractivity contribution in [2.24, 2.45) is 0 Å². The van der Waals surface area contributed by atoms with Gasteiger partial charge in [0.25, 0.3) is 5.91 Å². The van der Waals surface area contributed by atoms with Crippen LogP contribution in [0.3, 0.4) is 0 Å². The summed E-state index contributed by atoms with van der Waals surface area (Å²) in [6.45, 7) is 2.16. The molecule has 0 unspecified atom stereocenters. The molecule has 0 saturated carbocycles. The molecule has 0 aromatic carbocycles. The summed E-state index contributed by atoms with van der Waals surface area (Å²) in [5, 5.41) is 3.93. The minimum absolute atomic E-state index is 0.137. The molecule has 3 aromatic rings. The molecule has 8 heteroatoms. The zero-order valence-corrected chi connectivity index (χ0v) is 15.5. The number of anilines is 2. The van der Waals surface area contributed by atoms with Crippen molar-refractivity contribution in [3.05, 3.63) is 29.3 Å². The Hall–Kier alpha value is -2.19. The third-order valence-electron chi connectivity index (χ3n) is 4.13. The Morgan fingerprint density at radius 1 is 1.24 bits per heavy atom. The van der Waals surface area contributed by atoms with Crippen LogP contribution in [0, 0.1) is 0 Å². The predicted molar refractivity (Wildman–Crippen MR) is 102 cm³/mol. The van der Waals surface area contributed by atoms with Crippen LogP contribution in [0.25, 0.3) is 9.53 Å². The Bertz CT molecular complexity index is 850. The Morgan fingerprint density at radius 2 is 2.08 bits per heavy atom. The number of hydrogen-bond donors (Lipinski definition) is 1. The van der Waals surface area contributed by atoms with Gasteiger partial charge in [-0.2, -0.15) is 0 Å². The summed E-state index contributed by atoms with van der Waals surface area (Å²) >= 11 is 3.10. The summed E-state index contributed by atoms with van der Waals surface area (Å²) in [6, 6.07) is 5.42. The number of ether oxygens (including phenoxy) is 1. The van der Waals surface area contributed by atoms with Crippen molar-refractivity contribution in [1.29, 1.82) is 0 Å². The molecule has 1 aliphatic heterocycles. The number of carbonyl (C=O) groups is 1. The first-order valence-corrected chi connectivity index (χ1v) is 9.83. The Labute approximate surface area is 153 Å². The number of thiazole rings is 1. The Balaban J connectivity index is 1.48. The van der Waals surface area contributed by atoms with Crippen molar-refractivity contribution >= 4 is 48.9 Å². The zero-order chi connectivity index (χ0) is 17.2. The third kappa shape index (κ3) is 3.45. The van der Waals surface area contributed by atoms with Gasteiger partial charge >= 0.3 is 0 Å². The van der Waals surface area contributed by atoms with E-state index in [1.165, 1.54) is 30.6 Å². The van der Waals surface area contributed by atoms with Gasteiger partial charge in [0.2, 0.25) is 5.88 Å². The summed E-state index contributed by atoms with van der Waals surface area (Å²) in [7, 11) is 1.56. The number of aromatic nitrogens is 2. The first-order valence-electron chi connectivity index (χ1n) is 8.19. The van der Waals surface area contributed by atoms with Gasteiger partial charge in [0, 0.05) is 19.2 Å². The normalized spacial score (nSPS) is 14.7. The molecule has 1 saturated heterocycles. The minimum Gasteiger partial charge on any atom is -0.481 e. The monoisotopic (exact) mass is 374 g/mol. The van der Waals surface area contributed by atoms with E-state index < -0.39 is 0 Å². The van der Waals surface area contributed by atoms with Gasteiger partial charge in [-0.3, -0.25) is 4.79 Å². The lowest BCUT2D eigenvalue weighted by molar-refractivity contribution is 0.103. The smallest absolute Gasteiger partial charge is 0.265 e. The molecule has 0 radical (unpaired) electrons. The molecule has 3 aromatic heterocycles. The fraction of sp³-hybridized carbons (Fsp3) is 0.353. The highest BCUT2D eigenvalue weighted by atomic mass is 32.1. The minimum atomic E-state index is -0.137. The van der Waals surface area contributed by atoms with Crippen molar-refractivity contribution in [1.82, 2.24) is 9.97 Å². The van der Waals surface area contributed by atoms with Crippen LogP contribution in [0.1, 0.15) is 28.9 Å². The second-order valence-electron chi connectivity index (χ2n) is 5.87. The highest BCUT2D eigenvalue weighted by Crippen LogP contribution is 2.35. The molecule has 4 heterocycles. The number of nitrogens with zero attached hydrogens (tertiary/aromatic N) is 3. The average Bonchev–Trinajstić information content (AvgIpc) is 3.22. The van der Waals surface area contributed by atoms with Crippen molar-refractivity contribution in [2.75, 3.05) is 30.4 Å². The van der Waals surface area contributed by atoms with E-state index >= 15 is 0 Å². The van der Waals surface area contributed by atoms with Crippen LogP contribution < -0.4 is 15.0 Å². The number of amides is 1. The van der Waals surface area contributed by atoms with Crippen molar-refractivity contribution in [2.45, 2.75) is 19.3 Å². The SMILES string of the molecule is COc1ccc(NC(=O)c2cc3sc(N4CCCCC4)nc3s2)cn1. The second-order valence-corrected chi connectivity index (χ2v) is 7.91. The first kappa shape index (κ1) is 16.3. The number of pyridine rings is 1. The highest BCUT2D eigenvalue weighted by Gasteiger charge is 2.18. The third-order valence-corrected chi connectivity index (χ3v) is 6.35. The lowest BCUT2D eigenvalue weighted by atomic mass is 10.1. The van der Waals surface area contributed by atoms with Gasteiger partial charge in [0.15, 0.2) is 5.13 Å². The van der Waals surface area contributed by atoms with Crippen LogP contribution in [-0.4, -0.2) is 36.1 Å². The molecule has 6 nitrogen and oxygen atoms in total. The van der Waals surface area contributed by atoms with Gasteiger partial charge in [-0.25, -0.2) is 9.97 Å². The van der Waals surface area contributed by atoms with Crippen LogP contribution >= 0.6 is 22.7 Å². The summed E-state index contributed by atoms with van der Waals surface area (Å²) in [4.78, 5) is 25.2. The largest absolute Gasteiger partial charge is 0.481 e. The summed E-state index contributed by atoms with van der Waals surface area (Å²) in [5.74, 6) is 0.380. The maximum absolute atomic E-state index is 12.4. The fourth-order valence-electron chi connectivity index (χ4n) is 2.82. The summed E-state index contributed by atoms with van der Waals surface area (Å²) < 4.78 is 6.09. The number of rotatable bonds is 4. The highest BCUT2D eigenvalue weighted by molar-refractivity contribution is 7.29. The molecule has 0 atom stereocenters. The molecule has 1 aliphatic rings. The number of hydrogen-bond acceptors (Lipinski definition) is 7. The van der Waals surface area contributed by atoms with E-state index in [-0.39, 0.29) is 5.91 Å².